The summed E-state index contributed by atoms with van der Waals surface area (Å²) in [6.07, 6.45) is 2.67. The molecule has 0 aromatic carbocycles. The Morgan fingerprint density at radius 3 is 1.57 bits per heavy atom. The van der Waals surface area contributed by atoms with Gasteiger partial charge in [-0.05, 0) is 0 Å². The SMILES string of the molecule is C1CC[N-]C1.[B].[Li+]. The number of rotatable bonds is 0. The second kappa shape index (κ2) is 6.62. The Morgan fingerprint density at radius 2 is 1.43 bits per heavy atom. The molecular formula is C4H8BLiN. The molecule has 0 amide bonds. The van der Waals surface area contributed by atoms with Crippen molar-refractivity contribution in [1.82, 2.24) is 0 Å². The summed E-state index contributed by atoms with van der Waals surface area (Å²) in [5, 5.41) is 4.08. The first-order valence-corrected chi connectivity index (χ1v) is 2.13. The predicted molar refractivity (Wildman–Crippen MR) is 28.1 cm³/mol. The smallest absolute Gasteiger partial charge is 0.662 e. The van der Waals surface area contributed by atoms with Gasteiger partial charge in [-0.3, -0.25) is 0 Å². The molecule has 0 atom stereocenters. The molecule has 7 heavy (non-hydrogen) atoms. The Kier molecular flexibility index (Phi) is 10.0. The fourth-order valence-corrected chi connectivity index (χ4v) is 0.559. The summed E-state index contributed by atoms with van der Waals surface area (Å²) < 4.78 is 0. The van der Waals surface area contributed by atoms with Crippen molar-refractivity contribution in [2.24, 2.45) is 0 Å². The van der Waals surface area contributed by atoms with Crippen molar-refractivity contribution < 1.29 is 18.9 Å². The number of nitrogens with zero attached hydrogens (tertiary/aromatic N) is 1. The minimum atomic E-state index is 0. The van der Waals surface area contributed by atoms with Crippen LogP contribution in [0.25, 0.3) is 5.32 Å². The largest absolute Gasteiger partial charge is 1.00 e. The molecule has 0 aromatic rings. The van der Waals surface area contributed by atoms with Crippen molar-refractivity contribution in [3.05, 3.63) is 5.32 Å². The Bertz CT molecular complexity index is 23.3. The Morgan fingerprint density at radius 1 is 1.00 bits per heavy atom. The van der Waals surface area contributed by atoms with E-state index in [1.807, 2.05) is 0 Å². The van der Waals surface area contributed by atoms with Gasteiger partial charge in [0.2, 0.25) is 0 Å². The molecule has 0 aliphatic carbocycles. The summed E-state index contributed by atoms with van der Waals surface area (Å²) in [6.45, 7) is 2.25. The van der Waals surface area contributed by atoms with Gasteiger partial charge in [0, 0.05) is 8.41 Å². The molecule has 0 N–H and O–H groups in total. The second-order valence-electron chi connectivity index (χ2n) is 1.38. The fourth-order valence-electron chi connectivity index (χ4n) is 0.559. The molecule has 1 saturated heterocycles. The van der Waals surface area contributed by atoms with Crippen LogP contribution in [0.3, 0.4) is 0 Å². The van der Waals surface area contributed by atoms with Crippen molar-refractivity contribution in [1.29, 1.82) is 0 Å². The van der Waals surface area contributed by atoms with E-state index in [0.29, 0.717) is 0 Å². The molecule has 0 saturated carbocycles. The third kappa shape index (κ3) is 4.48. The summed E-state index contributed by atoms with van der Waals surface area (Å²) in [4.78, 5) is 0. The first-order chi connectivity index (χ1) is 2.50. The fraction of sp³-hybridized carbons (Fsp3) is 1.00. The molecule has 0 bridgehead atoms. The van der Waals surface area contributed by atoms with E-state index in [-0.39, 0.29) is 27.3 Å². The van der Waals surface area contributed by atoms with E-state index in [0.717, 1.165) is 13.1 Å². The van der Waals surface area contributed by atoms with E-state index in [1.54, 1.807) is 0 Å². The molecule has 1 nitrogen and oxygen atoms in total. The van der Waals surface area contributed by atoms with Crippen LogP contribution in [0.15, 0.2) is 0 Å². The standard InChI is InChI=1S/C4H8N.B.Li/c1-2-4-5-3-1;;/h1-4H2;;/q-1;;+1. The van der Waals surface area contributed by atoms with Crippen LogP contribution in [0.2, 0.25) is 0 Å². The van der Waals surface area contributed by atoms with E-state index in [4.69, 9.17) is 0 Å². The van der Waals surface area contributed by atoms with E-state index in [1.165, 1.54) is 12.8 Å². The minimum Gasteiger partial charge on any atom is -0.662 e. The molecule has 33 valence electrons. The van der Waals surface area contributed by atoms with Crippen molar-refractivity contribution in [3.63, 3.8) is 0 Å². The molecule has 1 rings (SSSR count). The van der Waals surface area contributed by atoms with Gasteiger partial charge in [0.25, 0.3) is 0 Å². The molecular weight excluding hydrogens is 79.8 g/mol. The van der Waals surface area contributed by atoms with Crippen LogP contribution in [0.1, 0.15) is 12.8 Å². The van der Waals surface area contributed by atoms with Gasteiger partial charge in [-0.2, -0.15) is 0 Å². The van der Waals surface area contributed by atoms with Gasteiger partial charge in [-0.25, -0.2) is 0 Å². The van der Waals surface area contributed by atoms with Crippen LogP contribution in [0, 0.1) is 0 Å². The first-order valence-electron chi connectivity index (χ1n) is 2.13. The number of hydrogen-bond donors (Lipinski definition) is 0. The van der Waals surface area contributed by atoms with E-state index in [2.05, 4.69) is 5.32 Å². The molecule has 3 heteroatoms. The molecule has 3 radical (unpaired) electrons. The normalized spacial score (nSPS) is 17.1. The minimum absolute atomic E-state index is 0. The first kappa shape index (κ1) is 10.6. The maximum Gasteiger partial charge on any atom is 1.00 e. The van der Waals surface area contributed by atoms with Gasteiger partial charge in [-0.1, -0.05) is 12.8 Å². The van der Waals surface area contributed by atoms with Crippen LogP contribution in [-0.2, 0) is 0 Å². The average Bonchev–Trinajstić information content (AvgIpc) is 1.76. The van der Waals surface area contributed by atoms with Crippen molar-refractivity contribution in [2.45, 2.75) is 12.8 Å². The van der Waals surface area contributed by atoms with Gasteiger partial charge in [0.1, 0.15) is 0 Å². The third-order valence-corrected chi connectivity index (χ3v) is 0.882. The van der Waals surface area contributed by atoms with Gasteiger partial charge in [-0.15, -0.1) is 13.1 Å². The molecule has 0 unspecified atom stereocenters. The van der Waals surface area contributed by atoms with Gasteiger partial charge in [0.15, 0.2) is 0 Å². The maximum absolute atomic E-state index is 4.08. The van der Waals surface area contributed by atoms with E-state index < -0.39 is 0 Å². The molecule has 0 aromatic heterocycles. The predicted octanol–water partition coefficient (Wildman–Crippen LogP) is -2.22. The number of hydrogen-bond acceptors (Lipinski definition) is 0. The van der Waals surface area contributed by atoms with Crippen molar-refractivity contribution in [3.8, 4) is 0 Å². The average molecular weight is 87.9 g/mol. The zero-order valence-electron chi connectivity index (χ0n) is 4.85. The Hall–Kier alpha value is 0.622. The van der Waals surface area contributed by atoms with Crippen molar-refractivity contribution >= 4 is 8.41 Å². The third-order valence-electron chi connectivity index (χ3n) is 0.882. The topological polar surface area (TPSA) is 14.1 Å². The van der Waals surface area contributed by atoms with Crippen molar-refractivity contribution in [2.75, 3.05) is 13.1 Å². The Balaban J connectivity index is 0. The van der Waals surface area contributed by atoms with Gasteiger partial charge >= 0.3 is 18.9 Å². The summed E-state index contributed by atoms with van der Waals surface area (Å²) in [6, 6.07) is 0. The zero-order valence-corrected chi connectivity index (χ0v) is 4.85. The summed E-state index contributed by atoms with van der Waals surface area (Å²) in [5.41, 5.74) is 0. The van der Waals surface area contributed by atoms with Crippen LogP contribution in [0.4, 0.5) is 0 Å². The van der Waals surface area contributed by atoms with Crippen LogP contribution in [0.5, 0.6) is 0 Å². The molecule has 1 heterocycles. The molecule has 0 spiro atoms. The summed E-state index contributed by atoms with van der Waals surface area (Å²) >= 11 is 0. The van der Waals surface area contributed by atoms with E-state index in [9.17, 15) is 0 Å². The van der Waals surface area contributed by atoms with Crippen LogP contribution in [-0.4, -0.2) is 21.5 Å². The second-order valence-corrected chi connectivity index (χ2v) is 1.38. The van der Waals surface area contributed by atoms with Crippen LogP contribution < -0.4 is 18.9 Å². The summed E-state index contributed by atoms with van der Waals surface area (Å²) in [7, 11) is 0. The van der Waals surface area contributed by atoms with Crippen LogP contribution >= 0.6 is 0 Å². The zero-order chi connectivity index (χ0) is 3.54. The maximum atomic E-state index is 4.08. The van der Waals surface area contributed by atoms with E-state index >= 15 is 0 Å². The monoisotopic (exact) mass is 88.1 g/mol. The molecule has 1 aliphatic rings. The molecule has 1 fully saturated rings. The quantitative estimate of drug-likeness (QED) is 0.298. The van der Waals surface area contributed by atoms with Gasteiger partial charge < -0.3 is 5.32 Å². The Labute approximate surface area is 59.0 Å². The molecule has 1 aliphatic heterocycles. The summed E-state index contributed by atoms with van der Waals surface area (Å²) in [5.74, 6) is 0. The van der Waals surface area contributed by atoms with Gasteiger partial charge in [0.05, 0.1) is 0 Å².